The number of benzene rings is 1. The van der Waals surface area contributed by atoms with E-state index in [4.69, 9.17) is 0 Å². The van der Waals surface area contributed by atoms with Crippen molar-refractivity contribution in [3.05, 3.63) is 35.9 Å². The molecule has 1 heterocycles. The molecule has 0 spiro atoms. The van der Waals surface area contributed by atoms with Gasteiger partial charge in [-0.2, -0.15) is 0 Å². The zero-order valence-corrected chi connectivity index (χ0v) is 16.6. The van der Waals surface area contributed by atoms with Crippen molar-refractivity contribution >= 4 is 11.8 Å². The molecule has 4 nitrogen and oxygen atoms in total. The van der Waals surface area contributed by atoms with Gasteiger partial charge in [0.05, 0.1) is 5.41 Å². The highest BCUT2D eigenvalue weighted by atomic mass is 16.2. The number of unbranched alkanes of at least 4 members (excludes halogenated alkanes) is 1. The number of rotatable bonds is 8. The molecule has 1 aromatic carbocycles. The predicted molar refractivity (Wildman–Crippen MR) is 106 cm³/mol. The lowest BCUT2D eigenvalue weighted by Gasteiger charge is -2.41. The van der Waals surface area contributed by atoms with Crippen LogP contribution in [-0.2, 0) is 15.0 Å². The molecule has 0 aliphatic carbocycles. The van der Waals surface area contributed by atoms with Crippen molar-refractivity contribution in [3.8, 4) is 0 Å². The Labute approximate surface area is 158 Å². The molecule has 1 fully saturated rings. The van der Waals surface area contributed by atoms with E-state index in [0.29, 0.717) is 31.8 Å². The van der Waals surface area contributed by atoms with E-state index < -0.39 is 5.41 Å². The van der Waals surface area contributed by atoms with Gasteiger partial charge in [-0.1, -0.05) is 63.4 Å². The molecule has 1 N–H and O–H groups in total. The maximum atomic E-state index is 13.3. The molecule has 26 heavy (non-hydrogen) atoms. The second-order valence-electron chi connectivity index (χ2n) is 7.58. The monoisotopic (exact) mass is 358 g/mol. The van der Waals surface area contributed by atoms with Crippen LogP contribution in [0.15, 0.2) is 30.3 Å². The maximum Gasteiger partial charge on any atom is 0.230 e. The van der Waals surface area contributed by atoms with Crippen LogP contribution >= 0.6 is 0 Å². The summed E-state index contributed by atoms with van der Waals surface area (Å²) < 4.78 is 0. The van der Waals surface area contributed by atoms with Crippen LogP contribution in [-0.4, -0.2) is 36.3 Å². The molecule has 1 aliphatic rings. The molecule has 0 saturated carbocycles. The number of carbonyl (C=O) groups excluding carboxylic acids is 2. The van der Waals surface area contributed by atoms with E-state index in [-0.39, 0.29) is 11.8 Å². The fourth-order valence-corrected chi connectivity index (χ4v) is 3.96. The van der Waals surface area contributed by atoms with Gasteiger partial charge in [0, 0.05) is 26.6 Å². The zero-order chi connectivity index (χ0) is 19.0. The van der Waals surface area contributed by atoms with Crippen LogP contribution in [0.3, 0.4) is 0 Å². The minimum atomic E-state index is -0.518. The molecule has 2 amide bonds. The van der Waals surface area contributed by atoms with Crippen LogP contribution in [0.1, 0.15) is 64.9 Å². The third kappa shape index (κ3) is 4.87. The molecule has 2 rings (SSSR count). The standard InChI is InChI=1S/C22H34N2O2/c1-4-6-10-19(5-2)17-23-21(26)22(20-11-8-7-9-12-20)13-15-24(16-14-22)18(3)25/h7-9,11-12,19H,4-6,10,13-17H2,1-3H3,(H,23,26). The van der Waals surface area contributed by atoms with Crippen LogP contribution in [0.4, 0.5) is 0 Å². The van der Waals surface area contributed by atoms with E-state index in [2.05, 4.69) is 31.3 Å². The largest absolute Gasteiger partial charge is 0.355 e. The van der Waals surface area contributed by atoms with Gasteiger partial charge < -0.3 is 10.2 Å². The Hall–Kier alpha value is -1.84. The second-order valence-corrected chi connectivity index (χ2v) is 7.58. The minimum absolute atomic E-state index is 0.0951. The van der Waals surface area contributed by atoms with E-state index in [1.165, 1.54) is 19.3 Å². The van der Waals surface area contributed by atoms with Crippen molar-refractivity contribution in [1.29, 1.82) is 0 Å². The first-order valence-corrected chi connectivity index (χ1v) is 10.1. The molecule has 0 aromatic heterocycles. The number of hydrogen-bond donors (Lipinski definition) is 1. The van der Waals surface area contributed by atoms with Gasteiger partial charge in [0.15, 0.2) is 0 Å². The number of nitrogens with one attached hydrogen (secondary N) is 1. The van der Waals surface area contributed by atoms with E-state index in [1.807, 2.05) is 23.1 Å². The summed E-state index contributed by atoms with van der Waals surface area (Å²) in [5.74, 6) is 0.767. The molecule has 1 saturated heterocycles. The Bertz CT molecular complexity index is 577. The van der Waals surface area contributed by atoms with E-state index in [1.54, 1.807) is 6.92 Å². The average molecular weight is 359 g/mol. The third-order valence-corrected chi connectivity index (χ3v) is 5.92. The summed E-state index contributed by atoms with van der Waals surface area (Å²) in [6, 6.07) is 10.1. The SMILES string of the molecule is CCCCC(CC)CNC(=O)C1(c2ccccc2)CCN(C(C)=O)CC1. The van der Waals surface area contributed by atoms with Crippen LogP contribution in [0.2, 0.25) is 0 Å². The molecular weight excluding hydrogens is 324 g/mol. The Balaban J connectivity index is 2.12. The summed E-state index contributed by atoms with van der Waals surface area (Å²) in [6.45, 7) is 8.05. The van der Waals surface area contributed by atoms with Gasteiger partial charge in [0.2, 0.25) is 11.8 Å². The first kappa shape index (κ1) is 20.5. The lowest BCUT2D eigenvalue weighted by molar-refractivity contribution is -0.135. The van der Waals surface area contributed by atoms with E-state index >= 15 is 0 Å². The number of nitrogens with zero attached hydrogens (tertiary/aromatic N) is 1. The summed E-state index contributed by atoms with van der Waals surface area (Å²) >= 11 is 0. The van der Waals surface area contributed by atoms with Gasteiger partial charge in [-0.15, -0.1) is 0 Å². The van der Waals surface area contributed by atoms with Crippen molar-refractivity contribution in [1.82, 2.24) is 10.2 Å². The summed E-state index contributed by atoms with van der Waals surface area (Å²) in [6.07, 6.45) is 6.05. The van der Waals surface area contributed by atoms with Crippen molar-refractivity contribution in [2.75, 3.05) is 19.6 Å². The van der Waals surface area contributed by atoms with Crippen molar-refractivity contribution in [2.45, 2.75) is 64.7 Å². The quantitative estimate of drug-likeness (QED) is 0.766. The van der Waals surface area contributed by atoms with Crippen LogP contribution < -0.4 is 5.32 Å². The summed E-state index contributed by atoms with van der Waals surface area (Å²) in [4.78, 5) is 26.8. The zero-order valence-electron chi connectivity index (χ0n) is 16.6. The Morgan fingerprint density at radius 3 is 2.35 bits per heavy atom. The molecule has 4 heteroatoms. The Morgan fingerprint density at radius 1 is 1.15 bits per heavy atom. The highest BCUT2D eigenvalue weighted by molar-refractivity contribution is 5.88. The molecule has 1 aromatic rings. The van der Waals surface area contributed by atoms with Crippen molar-refractivity contribution in [3.63, 3.8) is 0 Å². The lowest BCUT2D eigenvalue weighted by Crippen LogP contribution is -2.53. The summed E-state index contributed by atoms with van der Waals surface area (Å²) in [7, 11) is 0. The number of piperidine rings is 1. The first-order valence-electron chi connectivity index (χ1n) is 10.1. The predicted octanol–water partition coefficient (Wildman–Crippen LogP) is 3.90. The summed E-state index contributed by atoms with van der Waals surface area (Å²) in [5, 5.41) is 3.25. The van der Waals surface area contributed by atoms with Crippen molar-refractivity contribution in [2.24, 2.45) is 5.92 Å². The van der Waals surface area contributed by atoms with Crippen LogP contribution in [0.5, 0.6) is 0 Å². The maximum absolute atomic E-state index is 13.3. The second kappa shape index (κ2) is 9.75. The summed E-state index contributed by atoms with van der Waals surface area (Å²) in [5.41, 5.74) is 0.554. The number of likely N-dealkylation sites (tertiary alicyclic amines) is 1. The first-order chi connectivity index (χ1) is 12.5. The number of carbonyl (C=O) groups is 2. The van der Waals surface area contributed by atoms with Gasteiger partial charge in [0.25, 0.3) is 0 Å². The Morgan fingerprint density at radius 2 is 1.81 bits per heavy atom. The fraction of sp³-hybridized carbons (Fsp3) is 0.636. The lowest BCUT2D eigenvalue weighted by atomic mass is 9.72. The normalized spacial score (nSPS) is 17.6. The van der Waals surface area contributed by atoms with E-state index in [9.17, 15) is 9.59 Å². The van der Waals surface area contributed by atoms with Gasteiger partial charge in [-0.25, -0.2) is 0 Å². The van der Waals surface area contributed by atoms with Crippen molar-refractivity contribution < 1.29 is 9.59 Å². The minimum Gasteiger partial charge on any atom is -0.355 e. The average Bonchev–Trinajstić information content (AvgIpc) is 2.68. The molecule has 144 valence electrons. The van der Waals surface area contributed by atoms with Gasteiger partial charge in [-0.05, 0) is 30.7 Å². The molecule has 1 unspecified atom stereocenters. The van der Waals surface area contributed by atoms with Gasteiger partial charge >= 0.3 is 0 Å². The van der Waals surface area contributed by atoms with E-state index in [0.717, 1.165) is 18.5 Å². The van der Waals surface area contributed by atoms with Crippen LogP contribution in [0, 0.1) is 5.92 Å². The third-order valence-electron chi connectivity index (χ3n) is 5.92. The molecule has 0 bridgehead atoms. The molecule has 1 atom stereocenters. The topological polar surface area (TPSA) is 49.4 Å². The number of amides is 2. The number of hydrogen-bond acceptors (Lipinski definition) is 2. The van der Waals surface area contributed by atoms with Gasteiger partial charge in [-0.3, -0.25) is 9.59 Å². The van der Waals surface area contributed by atoms with Crippen LogP contribution in [0.25, 0.3) is 0 Å². The van der Waals surface area contributed by atoms with Gasteiger partial charge in [0.1, 0.15) is 0 Å². The molecule has 1 aliphatic heterocycles. The fourth-order valence-electron chi connectivity index (χ4n) is 3.96. The molecular formula is C22H34N2O2. The highest BCUT2D eigenvalue weighted by Crippen LogP contribution is 2.36. The molecule has 0 radical (unpaired) electrons. The highest BCUT2D eigenvalue weighted by Gasteiger charge is 2.43. The Kier molecular flexibility index (Phi) is 7.67. The smallest absolute Gasteiger partial charge is 0.230 e.